The van der Waals surface area contributed by atoms with E-state index in [9.17, 15) is 9.18 Å². The van der Waals surface area contributed by atoms with Gasteiger partial charge >= 0.3 is 0 Å². The lowest BCUT2D eigenvalue weighted by Crippen LogP contribution is -2.14. The van der Waals surface area contributed by atoms with Crippen molar-refractivity contribution in [3.8, 4) is 5.75 Å². The predicted molar refractivity (Wildman–Crippen MR) is 84.3 cm³/mol. The van der Waals surface area contributed by atoms with E-state index in [0.29, 0.717) is 18.0 Å². The van der Waals surface area contributed by atoms with Crippen molar-refractivity contribution >= 4 is 27.5 Å². The van der Waals surface area contributed by atoms with Crippen LogP contribution in [0.3, 0.4) is 0 Å². The van der Waals surface area contributed by atoms with Gasteiger partial charge in [-0.1, -0.05) is 25.1 Å². The number of halogens is 2. The summed E-state index contributed by atoms with van der Waals surface area (Å²) in [7, 11) is 0. The molecule has 0 aromatic heterocycles. The van der Waals surface area contributed by atoms with Gasteiger partial charge in [0.15, 0.2) is 0 Å². The van der Waals surface area contributed by atoms with E-state index in [0.717, 1.165) is 6.42 Å². The van der Waals surface area contributed by atoms with Crippen LogP contribution in [0.5, 0.6) is 5.75 Å². The molecule has 0 bridgehead atoms. The molecule has 2 aromatic rings. The third-order valence-electron chi connectivity index (χ3n) is 2.79. The molecular weight excluding hydrogens is 337 g/mol. The van der Waals surface area contributed by atoms with Gasteiger partial charge in [0.1, 0.15) is 11.6 Å². The van der Waals surface area contributed by atoms with Crippen LogP contribution in [0.4, 0.5) is 10.1 Å². The minimum Gasteiger partial charge on any atom is -0.491 e. The van der Waals surface area contributed by atoms with E-state index in [2.05, 4.69) is 21.2 Å². The smallest absolute Gasteiger partial charge is 0.257 e. The summed E-state index contributed by atoms with van der Waals surface area (Å²) in [5, 5.41) is 2.74. The number of rotatable bonds is 5. The number of ether oxygens (including phenoxy) is 1. The van der Waals surface area contributed by atoms with E-state index in [1.807, 2.05) is 13.0 Å². The van der Waals surface area contributed by atoms with E-state index in [-0.39, 0.29) is 10.0 Å². The van der Waals surface area contributed by atoms with Crippen molar-refractivity contribution in [2.75, 3.05) is 11.9 Å². The molecule has 1 amide bonds. The zero-order valence-corrected chi connectivity index (χ0v) is 13.1. The molecular formula is C16H15BrFNO2. The number of amides is 1. The van der Waals surface area contributed by atoms with Crippen LogP contribution in [0.1, 0.15) is 23.7 Å². The normalized spacial score (nSPS) is 10.2. The Morgan fingerprint density at radius 2 is 2.00 bits per heavy atom. The Morgan fingerprint density at radius 3 is 2.76 bits per heavy atom. The highest BCUT2D eigenvalue weighted by molar-refractivity contribution is 9.10. The fourth-order valence-electron chi connectivity index (χ4n) is 1.78. The summed E-state index contributed by atoms with van der Waals surface area (Å²) in [5.41, 5.74) is 0.799. The molecule has 0 aliphatic rings. The minimum atomic E-state index is -0.474. The van der Waals surface area contributed by atoms with Gasteiger partial charge in [0.25, 0.3) is 5.91 Å². The molecule has 0 heterocycles. The highest BCUT2D eigenvalue weighted by Gasteiger charge is 2.14. The second-order valence-electron chi connectivity index (χ2n) is 4.40. The Balaban J connectivity index is 2.22. The van der Waals surface area contributed by atoms with Gasteiger partial charge in [-0.15, -0.1) is 0 Å². The highest BCUT2D eigenvalue weighted by atomic mass is 79.9. The molecule has 0 fully saturated rings. The molecule has 0 saturated carbocycles. The maximum Gasteiger partial charge on any atom is 0.257 e. The largest absolute Gasteiger partial charge is 0.491 e. The lowest BCUT2D eigenvalue weighted by Gasteiger charge is -2.12. The number of anilines is 1. The maximum atomic E-state index is 13.5. The van der Waals surface area contributed by atoms with Gasteiger partial charge in [-0.25, -0.2) is 4.39 Å². The van der Waals surface area contributed by atoms with E-state index in [1.54, 1.807) is 24.3 Å². The lowest BCUT2D eigenvalue weighted by molar-refractivity contribution is 0.102. The van der Waals surface area contributed by atoms with Crippen molar-refractivity contribution < 1.29 is 13.9 Å². The van der Waals surface area contributed by atoms with Gasteiger partial charge in [0, 0.05) is 0 Å². The zero-order valence-electron chi connectivity index (χ0n) is 11.5. The summed E-state index contributed by atoms with van der Waals surface area (Å²) < 4.78 is 19.2. The van der Waals surface area contributed by atoms with Crippen molar-refractivity contribution in [3.63, 3.8) is 0 Å². The molecule has 0 atom stereocenters. The molecule has 3 nitrogen and oxygen atoms in total. The molecule has 0 aliphatic carbocycles. The first-order valence-electron chi connectivity index (χ1n) is 6.60. The van der Waals surface area contributed by atoms with Crippen molar-refractivity contribution in [2.24, 2.45) is 0 Å². The first kappa shape index (κ1) is 15.5. The zero-order chi connectivity index (χ0) is 15.2. The number of hydrogen-bond donors (Lipinski definition) is 1. The predicted octanol–water partition coefficient (Wildman–Crippen LogP) is 4.63. The van der Waals surface area contributed by atoms with Crippen molar-refractivity contribution in [1.29, 1.82) is 0 Å². The number of para-hydroxylation sites is 2. The van der Waals surface area contributed by atoms with Crippen LogP contribution in [0.2, 0.25) is 0 Å². The topological polar surface area (TPSA) is 38.3 Å². The maximum absolute atomic E-state index is 13.5. The molecule has 2 aromatic carbocycles. The number of carbonyl (C=O) groups is 1. The van der Waals surface area contributed by atoms with Crippen molar-refractivity contribution in [3.05, 3.63) is 58.3 Å². The number of carbonyl (C=O) groups excluding carboxylic acids is 1. The molecule has 0 spiro atoms. The Hall–Kier alpha value is -1.88. The summed E-state index contributed by atoms with van der Waals surface area (Å²) in [4.78, 5) is 12.2. The van der Waals surface area contributed by atoms with Crippen LogP contribution in [0, 0.1) is 5.82 Å². The fraction of sp³-hybridized carbons (Fsp3) is 0.188. The molecule has 0 saturated heterocycles. The second kappa shape index (κ2) is 7.22. The van der Waals surface area contributed by atoms with Gasteiger partial charge in [-0.2, -0.15) is 0 Å². The van der Waals surface area contributed by atoms with E-state index in [1.165, 1.54) is 12.1 Å². The average Bonchev–Trinajstić information content (AvgIpc) is 2.49. The number of hydrogen-bond acceptors (Lipinski definition) is 2. The van der Waals surface area contributed by atoms with E-state index < -0.39 is 11.7 Å². The Labute approximate surface area is 131 Å². The van der Waals surface area contributed by atoms with Crippen LogP contribution in [-0.4, -0.2) is 12.5 Å². The number of benzene rings is 2. The van der Waals surface area contributed by atoms with Crippen LogP contribution < -0.4 is 10.1 Å². The van der Waals surface area contributed by atoms with Crippen LogP contribution in [-0.2, 0) is 0 Å². The quantitative estimate of drug-likeness (QED) is 0.852. The van der Waals surface area contributed by atoms with Crippen molar-refractivity contribution in [2.45, 2.75) is 13.3 Å². The molecule has 0 unspecified atom stereocenters. The molecule has 5 heteroatoms. The first-order chi connectivity index (χ1) is 10.1. The Morgan fingerprint density at radius 1 is 1.24 bits per heavy atom. The van der Waals surface area contributed by atoms with E-state index >= 15 is 0 Å². The van der Waals surface area contributed by atoms with Crippen LogP contribution >= 0.6 is 15.9 Å². The average molecular weight is 352 g/mol. The summed E-state index contributed by atoms with van der Waals surface area (Å²) in [6.45, 7) is 2.57. The third-order valence-corrected chi connectivity index (χ3v) is 3.60. The van der Waals surface area contributed by atoms with Crippen LogP contribution in [0.25, 0.3) is 0 Å². The van der Waals surface area contributed by atoms with Gasteiger partial charge in [0.05, 0.1) is 22.3 Å². The lowest BCUT2D eigenvalue weighted by atomic mass is 10.2. The Kier molecular flexibility index (Phi) is 5.33. The van der Waals surface area contributed by atoms with Crippen molar-refractivity contribution in [1.82, 2.24) is 0 Å². The summed E-state index contributed by atoms with van der Waals surface area (Å²) in [6.07, 6.45) is 0.873. The summed E-state index contributed by atoms with van der Waals surface area (Å²) in [6, 6.07) is 11.5. The summed E-state index contributed by atoms with van der Waals surface area (Å²) >= 11 is 3.09. The van der Waals surface area contributed by atoms with E-state index in [4.69, 9.17) is 4.74 Å². The minimum absolute atomic E-state index is 0.148. The van der Waals surface area contributed by atoms with Gasteiger partial charge in [0.2, 0.25) is 0 Å². The second-order valence-corrected chi connectivity index (χ2v) is 5.19. The molecule has 21 heavy (non-hydrogen) atoms. The molecule has 1 N–H and O–H groups in total. The molecule has 0 radical (unpaired) electrons. The number of nitrogens with one attached hydrogen (secondary N) is 1. The van der Waals surface area contributed by atoms with Gasteiger partial charge in [-0.05, 0) is 46.6 Å². The standard InChI is InChI=1S/C16H15BrFNO2/c1-2-10-21-14-9-4-3-8-13(14)19-16(20)11-6-5-7-12(18)15(11)17/h3-9H,2,10H2,1H3,(H,19,20). The van der Waals surface area contributed by atoms with Gasteiger partial charge in [-0.3, -0.25) is 4.79 Å². The molecule has 0 aliphatic heterocycles. The summed E-state index contributed by atoms with van der Waals surface area (Å²) in [5.74, 6) is -0.271. The van der Waals surface area contributed by atoms with Crippen LogP contribution in [0.15, 0.2) is 46.9 Å². The highest BCUT2D eigenvalue weighted by Crippen LogP contribution is 2.26. The molecule has 2 rings (SSSR count). The first-order valence-corrected chi connectivity index (χ1v) is 7.40. The molecule has 110 valence electrons. The monoisotopic (exact) mass is 351 g/mol. The van der Waals surface area contributed by atoms with Gasteiger partial charge < -0.3 is 10.1 Å². The third kappa shape index (κ3) is 3.82. The fourth-order valence-corrected chi connectivity index (χ4v) is 2.22. The SMILES string of the molecule is CCCOc1ccccc1NC(=O)c1cccc(F)c1Br. The Bertz CT molecular complexity index is 646.